The number of hydrogen-bond acceptors (Lipinski definition) is 4. The Bertz CT molecular complexity index is 916. The summed E-state index contributed by atoms with van der Waals surface area (Å²) in [4.78, 5) is 29.9. The highest BCUT2D eigenvalue weighted by Gasteiger charge is 2.09. The molecule has 7 nitrogen and oxygen atoms in total. The number of rotatable bonds is 7. The molecule has 0 aliphatic heterocycles. The zero-order valence-corrected chi connectivity index (χ0v) is 15.4. The van der Waals surface area contributed by atoms with Crippen LogP contribution in [0.5, 0.6) is 5.75 Å². The van der Waals surface area contributed by atoms with Gasteiger partial charge in [-0.3, -0.25) is 9.59 Å². The van der Waals surface area contributed by atoms with Crippen molar-refractivity contribution in [3.63, 3.8) is 0 Å². The van der Waals surface area contributed by atoms with Gasteiger partial charge < -0.3 is 19.4 Å². The van der Waals surface area contributed by atoms with E-state index in [1.165, 1.54) is 4.90 Å². The number of imidazole rings is 1. The third kappa shape index (κ3) is 4.84. The van der Waals surface area contributed by atoms with E-state index in [-0.39, 0.29) is 18.4 Å². The molecule has 1 aromatic carbocycles. The number of nitrogens with zero attached hydrogens (tertiary/aromatic N) is 3. The van der Waals surface area contributed by atoms with Crippen molar-refractivity contribution in [1.29, 1.82) is 0 Å². The van der Waals surface area contributed by atoms with Gasteiger partial charge in [0.05, 0.1) is 5.69 Å². The number of nitrogens with one attached hydrogen (secondary N) is 1. The lowest BCUT2D eigenvalue weighted by Crippen LogP contribution is -2.28. The Morgan fingerprint density at radius 2 is 2.04 bits per heavy atom. The Morgan fingerprint density at radius 3 is 2.81 bits per heavy atom. The van der Waals surface area contributed by atoms with Crippen LogP contribution in [0.4, 0.5) is 0 Å². The van der Waals surface area contributed by atoms with E-state index in [9.17, 15) is 9.59 Å². The average Bonchev–Trinajstić information content (AvgIpc) is 3.09. The second-order valence-electron chi connectivity index (χ2n) is 6.31. The zero-order valence-electron chi connectivity index (χ0n) is 15.4. The molecule has 0 bridgehead atoms. The van der Waals surface area contributed by atoms with Crippen molar-refractivity contribution in [3.8, 4) is 5.75 Å². The van der Waals surface area contributed by atoms with Gasteiger partial charge >= 0.3 is 0 Å². The molecule has 0 saturated carbocycles. The van der Waals surface area contributed by atoms with E-state index in [4.69, 9.17) is 4.74 Å². The normalized spacial score (nSPS) is 10.6. The molecular weight excluding hydrogens is 344 g/mol. The molecule has 3 rings (SSSR count). The Morgan fingerprint density at radius 1 is 1.19 bits per heavy atom. The van der Waals surface area contributed by atoms with E-state index in [1.54, 1.807) is 38.4 Å². The largest absolute Gasteiger partial charge is 0.484 e. The van der Waals surface area contributed by atoms with Gasteiger partial charge in [0.1, 0.15) is 11.4 Å². The van der Waals surface area contributed by atoms with Crippen LogP contribution in [-0.4, -0.2) is 53.3 Å². The molecule has 27 heavy (non-hydrogen) atoms. The number of fused-ring (bicyclic) bond motifs is 1. The average molecular weight is 366 g/mol. The van der Waals surface area contributed by atoms with Crippen molar-refractivity contribution in [2.75, 3.05) is 27.2 Å². The van der Waals surface area contributed by atoms with E-state index < -0.39 is 0 Å². The van der Waals surface area contributed by atoms with Gasteiger partial charge in [-0.25, -0.2) is 4.98 Å². The summed E-state index contributed by atoms with van der Waals surface area (Å²) in [5.41, 5.74) is 2.29. The number of carbonyl (C=O) groups is 2. The quantitative estimate of drug-likeness (QED) is 0.692. The molecule has 0 radical (unpaired) electrons. The minimum Gasteiger partial charge on any atom is -0.484 e. The van der Waals surface area contributed by atoms with Crippen LogP contribution in [0.25, 0.3) is 5.65 Å². The molecule has 0 fully saturated rings. The zero-order chi connectivity index (χ0) is 19.2. The first kappa shape index (κ1) is 18.4. The van der Waals surface area contributed by atoms with Crippen LogP contribution in [0.3, 0.4) is 0 Å². The highest BCUT2D eigenvalue weighted by molar-refractivity contribution is 5.94. The van der Waals surface area contributed by atoms with Crippen LogP contribution in [0.15, 0.2) is 54.9 Å². The standard InChI is InChI=1S/C20H22N4O3/c1-23(2)19(25)14-27-17-7-5-6-15(12-17)20(26)21-10-9-16-13-24-11-4-3-8-18(24)22-16/h3-8,11-13H,9-10,14H2,1-2H3,(H,21,26). The molecular formula is C20H22N4O3. The lowest BCUT2D eigenvalue weighted by molar-refractivity contribution is -0.130. The Balaban J connectivity index is 1.53. The summed E-state index contributed by atoms with van der Waals surface area (Å²) in [6.45, 7) is 0.416. The highest BCUT2D eigenvalue weighted by Crippen LogP contribution is 2.13. The van der Waals surface area contributed by atoms with Crippen LogP contribution in [0.1, 0.15) is 16.1 Å². The van der Waals surface area contributed by atoms with E-state index >= 15 is 0 Å². The lowest BCUT2D eigenvalue weighted by Gasteiger charge is -2.12. The third-order valence-electron chi connectivity index (χ3n) is 4.04. The van der Waals surface area contributed by atoms with Gasteiger partial charge in [-0.2, -0.15) is 0 Å². The van der Waals surface area contributed by atoms with Crippen LogP contribution in [-0.2, 0) is 11.2 Å². The number of hydrogen-bond donors (Lipinski definition) is 1. The van der Waals surface area contributed by atoms with E-state index in [2.05, 4.69) is 10.3 Å². The predicted octanol–water partition coefficient (Wildman–Crippen LogP) is 1.77. The van der Waals surface area contributed by atoms with Crippen LogP contribution in [0, 0.1) is 0 Å². The van der Waals surface area contributed by atoms with Crippen molar-refractivity contribution in [3.05, 3.63) is 66.1 Å². The smallest absolute Gasteiger partial charge is 0.259 e. The van der Waals surface area contributed by atoms with E-state index in [1.807, 2.05) is 35.0 Å². The first-order valence-electron chi connectivity index (χ1n) is 8.67. The Kier molecular flexibility index (Phi) is 5.71. The first-order valence-corrected chi connectivity index (χ1v) is 8.67. The van der Waals surface area contributed by atoms with Crippen LogP contribution >= 0.6 is 0 Å². The van der Waals surface area contributed by atoms with Crippen molar-refractivity contribution >= 4 is 17.5 Å². The molecule has 0 atom stereocenters. The highest BCUT2D eigenvalue weighted by atomic mass is 16.5. The Labute approximate surface area is 157 Å². The van der Waals surface area contributed by atoms with E-state index in [0.29, 0.717) is 24.3 Å². The van der Waals surface area contributed by atoms with Gasteiger partial charge in [0.15, 0.2) is 6.61 Å². The third-order valence-corrected chi connectivity index (χ3v) is 4.04. The fraction of sp³-hybridized carbons (Fsp3) is 0.250. The molecule has 2 amide bonds. The molecule has 0 spiro atoms. The fourth-order valence-electron chi connectivity index (χ4n) is 2.52. The van der Waals surface area contributed by atoms with Gasteiger partial charge in [0, 0.05) is 45.0 Å². The van der Waals surface area contributed by atoms with Gasteiger partial charge in [-0.05, 0) is 30.3 Å². The fourth-order valence-corrected chi connectivity index (χ4v) is 2.52. The number of amides is 2. The topological polar surface area (TPSA) is 75.9 Å². The number of carbonyl (C=O) groups excluding carboxylic acids is 2. The summed E-state index contributed by atoms with van der Waals surface area (Å²) in [5, 5.41) is 2.88. The van der Waals surface area contributed by atoms with Crippen molar-refractivity contribution < 1.29 is 14.3 Å². The van der Waals surface area contributed by atoms with Crippen LogP contribution < -0.4 is 10.1 Å². The maximum Gasteiger partial charge on any atom is 0.259 e. The number of ether oxygens (including phenoxy) is 1. The number of aromatic nitrogens is 2. The molecule has 0 saturated heterocycles. The molecule has 2 aromatic heterocycles. The SMILES string of the molecule is CN(C)C(=O)COc1cccc(C(=O)NCCc2cn3ccccc3n2)c1. The summed E-state index contributed by atoms with van der Waals surface area (Å²) < 4.78 is 7.39. The lowest BCUT2D eigenvalue weighted by atomic mass is 10.2. The molecule has 0 aliphatic rings. The summed E-state index contributed by atoms with van der Waals surface area (Å²) in [6.07, 6.45) is 4.54. The molecule has 3 aromatic rings. The van der Waals surface area contributed by atoms with Gasteiger partial charge in [-0.15, -0.1) is 0 Å². The second kappa shape index (κ2) is 8.35. The first-order chi connectivity index (χ1) is 13.0. The Hall–Kier alpha value is -3.35. The van der Waals surface area contributed by atoms with E-state index in [0.717, 1.165) is 11.3 Å². The summed E-state index contributed by atoms with van der Waals surface area (Å²) in [7, 11) is 3.33. The molecule has 2 heterocycles. The molecule has 7 heteroatoms. The van der Waals surface area contributed by atoms with Crippen molar-refractivity contribution in [1.82, 2.24) is 19.6 Å². The number of pyridine rings is 1. The van der Waals surface area contributed by atoms with Crippen molar-refractivity contribution in [2.24, 2.45) is 0 Å². The van der Waals surface area contributed by atoms with Gasteiger partial charge in [0.25, 0.3) is 11.8 Å². The maximum atomic E-state index is 12.3. The minimum atomic E-state index is -0.192. The van der Waals surface area contributed by atoms with Crippen LogP contribution in [0.2, 0.25) is 0 Å². The molecule has 140 valence electrons. The van der Waals surface area contributed by atoms with Crippen molar-refractivity contribution in [2.45, 2.75) is 6.42 Å². The minimum absolute atomic E-state index is 0.0635. The predicted molar refractivity (Wildman–Crippen MR) is 102 cm³/mol. The molecule has 1 N–H and O–H groups in total. The maximum absolute atomic E-state index is 12.3. The molecule has 0 unspecified atom stereocenters. The molecule has 0 aliphatic carbocycles. The summed E-state index contributed by atoms with van der Waals surface area (Å²) in [6, 6.07) is 12.6. The van der Waals surface area contributed by atoms with Gasteiger partial charge in [-0.1, -0.05) is 12.1 Å². The summed E-state index contributed by atoms with van der Waals surface area (Å²) in [5.74, 6) is 0.152. The van der Waals surface area contributed by atoms with Gasteiger partial charge in [0.2, 0.25) is 0 Å². The number of benzene rings is 1. The summed E-state index contributed by atoms with van der Waals surface area (Å²) >= 11 is 0. The number of likely N-dealkylation sites (N-methyl/N-ethyl adjacent to an activating group) is 1. The second-order valence-corrected chi connectivity index (χ2v) is 6.31. The monoisotopic (exact) mass is 366 g/mol.